The molecule has 3 aromatic carbocycles. The average molecular weight is 466 g/mol. The summed E-state index contributed by atoms with van der Waals surface area (Å²) in [7, 11) is -4.10. The Bertz CT molecular complexity index is 1280. The molecule has 1 aliphatic rings. The molecular weight excluding hydrogens is 438 g/mol. The summed E-state index contributed by atoms with van der Waals surface area (Å²) in [4.78, 5) is 28.5. The number of hydrogen-bond donors (Lipinski definition) is 0. The molecule has 0 aromatic heterocycles. The number of hydrogen-bond acceptors (Lipinski definition) is 4. The van der Waals surface area contributed by atoms with Gasteiger partial charge in [0, 0.05) is 33.1 Å². The first-order valence-electron chi connectivity index (χ1n) is 10.9. The van der Waals surface area contributed by atoms with Gasteiger partial charge in [-0.15, -0.1) is 0 Å². The molecular formula is C25H27N3O4S. The summed E-state index contributed by atoms with van der Waals surface area (Å²) in [6, 6.07) is 19.3. The van der Waals surface area contributed by atoms with Crippen LogP contribution in [0.2, 0.25) is 0 Å². The summed E-state index contributed by atoms with van der Waals surface area (Å²) in [6.45, 7) is 4.63. The van der Waals surface area contributed by atoms with Gasteiger partial charge in [-0.3, -0.25) is 4.79 Å². The number of piperazine rings is 1. The van der Waals surface area contributed by atoms with E-state index in [2.05, 4.69) is 0 Å². The summed E-state index contributed by atoms with van der Waals surface area (Å²) >= 11 is 0. The zero-order valence-corrected chi connectivity index (χ0v) is 19.6. The second-order valence-corrected chi connectivity index (χ2v) is 10.1. The van der Waals surface area contributed by atoms with Crippen molar-refractivity contribution in [1.82, 2.24) is 14.1 Å². The van der Waals surface area contributed by atoms with Gasteiger partial charge < -0.3 is 9.80 Å². The van der Waals surface area contributed by atoms with Crippen molar-refractivity contribution in [1.29, 1.82) is 0 Å². The van der Waals surface area contributed by atoms with Gasteiger partial charge in [-0.1, -0.05) is 60.2 Å². The first-order chi connectivity index (χ1) is 15.8. The Labute approximate surface area is 194 Å². The molecule has 7 nitrogen and oxygen atoms in total. The van der Waals surface area contributed by atoms with Gasteiger partial charge in [0.1, 0.15) is 0 Å². The van der Waals surface area contributed by atoms with Gasteiger partial charge in [-0.2, -0.15) is 0 Å². The average Bonchev–Trinajstić information content (AvgIpc) is 2.82. The zero-order valence-electron chi connectivity index (χ0n) is 18.8. The number of aryl methyl sites for hydroxylation is 1. The summed E-state index contributed by atoms with van der Waals surface area (Å²) in [5.41, 5.74) is 1.68. The van der Waals surface area contributed by atoms with Crippen molar-refractivity contribution >= 4 is 32.7 Å². The van der Waals surface area contributed by atoms with Crippen LogP contribution in [0.5, 0.6) is 0 Å². The lowest BCUT2D eigenvalue weighted by Gasteiger charge is -2.37. The lowest BCUT2D eigenvalue weighted by Crippen LogP contribution is -2.54. The number of sulfonamides is 1. The second kappa shape index (κ2) is 9.23. The van der Waals surface area contributed by atoms with E-state index < -0.39 is 16.1 Å². The molecule has 1 saturated heterocycles. The number of fused-ring (bicyclic) bond motifs is 1. The van der Waals surface area contributed by atoms with Crippen LogP contribution < -0.4 is 0 Å². The van der Waals surface area contributed by atoms with Crippen molar-refractivity contribution in [2.24, 2.45) is 0 Å². The minimum absolute atomic E-state index is 0.0537. The molecule has 4 rings (SSSR count). The Morgan fingerprint density at radius 1 is 0.848 bits per heavy atom. The van der Waals surface area contributed by atoms with E-state index in [-0.39, 0.29) is 30.4 Å². The van der Waals surface area contributed by atoms with Crippen LogP contribution in [-0.4, -0.2) is 60.6 Å². The van der Waals surface area contributed by atoms with Gasteiger partial charge in [-0.25, -0.2) is 17.5 Å². The molecule has 0 aliphatic carbocycles. The summed E-state index contributed by atoms with van der Waals surface area (Å²) < 4.78 is 28.3. The molecule has 33 heavy (non-hydrogen) atoms. The molecule has 8 heteroatoms. The fraction of sp³-hybridized carbons (Fsp3) is 0.280. The number of urea groups is 1. The van der Waals surface area contributed by atoms with Gasteiger partial charge in [0.25, 0.3) is 10.0 Å². The molecule has 3 amide bonds. The van der Waals surface area contributed by atoms with Gasteiger partial charge in [-0.05, 0) is 35.4 Å². The van der Waals surface area contributed by atoms with Crippen molar-refractivity contribution in [3.05, 3.63) is 77.9 Å². The number of nitrogens with zero attached hydrogens (tertiary/aromatic N) is 3. The standard InChI is InChI=1S/C25H27N3O4S/c1-19-10-12-23(13-11-19)33(31,32)28(25(30)27-16-14-26(15-17-27)20(2)29)18-22-8-5-7-21-6-3-4-9-24(21)22/h3-13H,14-18H2,1-2H3. The maximum Gasteiger partial charge on any atom is 0.334 e. The highest BCUT2D eigenvalue weighted by molar-refractivity contribution is 7.89. The Balaban J connectivity index is 1.71. The monoisotopic (exact) mass is 465 g/mol. The minimum Gasteiger partial charge on any atom is -0.339 e. The second-order valence-electron chi connectivity index (χ2n) is 8.24. The van der Waals surface area contributed by atoms with Crippen LogP contribution in [0.25, 0.3) is 10.8 Å². The molecule has 172 valence electrons. The molecule has 1 fully saturated rings. The van der Waals surface area contributed by atoms with E-state index in [0.717, 1.165) is 26.2 Å². The third-order valence-corrected chi connectivity index (χ3v) is 7.75. The van der Waals surface area contributed by atoms with E-state index in [1.54, 1.807) is 17.0 Å². The van der Waals surface area contributed by atoms with Crippen molar-refractivity contribution in [2.75, 3.05) is 26.2 Å². The number of carbonyl (C=O) groups is 2. The number of carbonyl (C=O) groups excluding carboxylic acids is 2. The molecule has 1 heterocycles. The van der Waals surface area contributed by atoms with Crippen LogP contribution in [0.15, 0.2) is 71.6 Å². The Morgan fingerprint density at radius 2 is 1.45 bits per heavy atom. The topological polar surface area (TPSA) is 78.0 Å². The molecule has 0 radical (unpaired) electrons. The molecule has 1 aliphatic heterocycles. The minimum atomic E-state index is -4.10. The Hall–Kier alpha value is -3.39. The largest absolute Gasteiger partial charge is 0.339 e. The molecule has 0 spiro atoms. The fourth-order valence-corrected chi connectivity index (χ4v) is 5.41. The van der Waals surface area contributed by atoms with Crippen molar-refractivity contribution < 1.29 is 18.0 Å². The van der Waals surface area contributed by atoms with E-state index in [4.69, 9.17) is 0 Å². The molecule has 0 N–H and O–H groups in total. The quantitative estimate of drug-likeness (QED) is 0.590. The predicted octanol–water partition coefficient (Wildman–Crippen LogP) is 3.62. The van der Waals surface area contributed by atoms with Crippen molar-refractivity contribution in [3.63, 3.8) is 0 Å². The van der Waals surface area contributed by atoms with Crippen molar-refractivity contribution in [2.45, 2.75) is 25.3 Å². The molecule has 0 saturated carbocycles. The lowest BCUT2D eigenvalue weighted by molar-refractivity contribution is -0.130. The molecule has 0 bridgehead atoms. The SMILES string of the molecule is CC(=O)N1CCN(C(=O)N(Cc2cccc3ccccc23)S(=O)(=O)c2ccc(C)cc2)CC1. The van der Waals surface area contributed by atoms with E-state index in [1.165, 1.54) is 24.0 Å². The number of rotatable bonds is 4. The Kier molecular flexibility index (Phi) is 6.37. The first-order valence-corrected chi connectivity index (χ1v) is 12.3. The Morgan fingerprint density at radius 3 is 2.12 bits per heavy atom. The van der Waals surface area contributed by atoms with E-state index in [1.807, 2.05) is 49.4 Å². The third-order valence-electron chi connectivity index (χ3n) is 6.01. The van der Waals surface area contributed by atoms with E-state index >= 15 is 0 Å². The van der Waals surface area contributed by atoms with Gasteiger partial charge >= 0.3 is 6.03 Å². The van der Waals surface area contributed by atoms with Crippen LogP contribution in [0.1, 0.15) is 18.1 Å². The number of benzene rings is 3. The zero-order chi connectivity index (χ0) is 23.6. The summed E-state index contributed by atoms with van der Waals surface area (Å²) in [5.74, 6) is -0.0537. The van der Waals surface area contributed by atoms with Gasteiger partial charge in [0.15, 0.2) is 0 Å². The van der Waals surface area contributed by atoms with Crippen LogP contribution in [0.3, 0.4) is 0 Å². The highest BCUT2D eigenvalue weighted by atomic mass is 32.2. The lowest BCUT2D eigenvalue weighted by atomic mass is 10.0. The maximum absolute atomic E-state index is 13.7. The predicted molar refractivity (Wildman–Crippen MR) is 127 cm³/mol. The van der Waals surface area contributed by atoms with E-state index in [9.17, 15) is 18.0 Å². The van der Waals surface area contributed by atoms with Crippen LogP contribution in [0, 0.1) is 6.92 Å². The van der Waals surface area contributed by atoms with Crippen LogP contribution >= 0.6 is 0 Å². The van der Waals surface area contributed by atoms with Crippen LogP contribution in [-0.2, 0) is 21.4 Å². The highest BCUT2D eigenvalue weighted by Crippen LogP contribution is 2.25. The molecule has 0 unspecified atom stereocenters. The maximum atomic E-state index is 13.7. The summed E-state index contributed by atoms with van der Waals surface area (Å²) in [6.07, 6.45) is 0. The third kappa shape index (κ3) is 4.71. The fourth-order valence-electron chi connectivity index (χ4n) is 4.05. The van der Waals surface area contributed by atoms with Crippen LogP contribution in [0.4, 0.5) is 4.79 Å². The molecule has 0 atom stereocenters. The normalized spacial score (nSPS) is 14.4. The first kappa shape index (κ1) is 22.8. The highest BCUT2D eigenvalue weighted by Gasteiger charge is 2.34. The van der Waals surface area contributed by atoms with Gasteiger partial charge in [0.2, 0.25) is 5.91 Å². The van der Waals surface area contributed by atoms with Gasteiger partial charge in [0.05, 0.1) is 11.4 Å². The molecule has 3 aromatic rings. The number of amides is 3. The summed E-state index contributed by atoms with van der Waals surface area (Å²) in [5, 5.41) is 1.88. The van der Waals surface area contributed by atoms with Crippen molar-refractivity contribution in [3.8, 4) is 0 Å². The van der Waals surface area contributed by atoms with E-state index in [0.29, 0.717) is 13.1 Å². The smallest absolute Gasteiger partial charge is 0.334 e.